The van der Waals surface area contributed by atoms with Gasteiger partial charge in [-0.15, -0.1) is 10.2 Å². The van der Waals surface area contributed by atoms with Crippen LogP contribution in [-0.2, 0) is 0 Å². The lowest BCUT2D eigenvalue weighted by Crippen LogP contribution is -2.13. The van der Waals surface area contributed by atoms with Crippen LogP contribution in [0.5, 0.6) is 0 Å². The number of nitrogens with one attached hydrogen (secondary N) is 1. The van der Waals surface area contributed by atoms with Gasteiger partial charge in [0.15, 0.2) is 5.65 Å². The summed E-state index contributed by atoms with van der Waals surface area (Å²) >= 11 is 0. The molecule has 3 aromatic rings. The van der Waals surface area contributed by atoms with Crippen molar-refractivity contribution in [3.63, 3.8) is 0 Å². The van der Waals surface area contributed by atoms with Gasteiger partial charge in [0.05, 0.1) is 5.69 Å². The van der Waals surface area contributed by atoms with E-state index in [0.29, 0.717) is 16.9 Å². The van der Waals surface area contributed by atoms with Crippen LogP contribution in [0.1, 0.15) is 27.3 Å². The average molecular weight is 280 g/mol. The van der Waals surface area contributed by atoms with Crippen LogP contribution in [0.25, 0.3) is 5.65 Å². The minimum absolute atomic E-state index is 0.143. The maximum atomic E-state index is 12.4. The average Bonchev–Trinajstić information content (AvgIpc) is 2.81. The van der Waals surface area contributed by atoms with Crippen molar-refractivity contribution >= 4 is 17.2 Å². The minimum Gasteiger partial charge on any atom is -0.319 e. The maximum absolute atomic E-state index is 12.4. The van der Waals surface area contributed by atoms with Gasteiger partial charge in [0.25, 0.3) is 5.91 Å². The van der Waals surface area contributed by atoms with Crippen LogP contribution in [0.3, 0.4) is 0 Å². The number of carbonyl (C=O) groups excluding carboxylic acids is 1. The lowest BCUT2D eigenvalue weighted by atomic mass is 10.1. The molecule has 1 N–H and O–H groups in total. The van der Waals surface area contributed by atoms with Gasteiger partial charge in [0, 0.05) is 11.8 Å². The van der Waals surface area contributed by atoms with Gasteiger partial charge in [-0.1, -0.05) is 17.2 Å². The molecule has 5 nitrogen and oxygen atoms in total. The zero-order valence-corrected chi connectivity index (χ0v) is 12.2. The van der Waals surface area contributed by atoms with Crippen molar-refractivity contribution in [2.24, 2.45) is 0 Å². The lowest BCUT2D eigenvalue weighted by Gasteiger charge is -2.08. The number of aryl methyl sites for hydroxylation is 3. The van der Waals surface area contributed by atoms with Gasteiger partial charge in [-0.3, -0.25) is 9.20 Å². The summed E-state index contributed by atoms with van der Waals surface area (Å²) in [4.78, 5) is 12.4. The number of benzene rings is 1. The molecule has 0 unspecified atom stereocenters. The number of rotatable bonds is 2. The highest BCUT2D eigenvalue weighted by Gasteiger charge is 2.11. The molecule has 0 fully saturated rings. The fourth-order valence-electron chi connectivity index (χ4n) is 2.43. The Morgan fingerprint density at radius 3 is 2.52 bits per heavy atom. The molecule has 0 saturated heterocycles. The Labute approximate surface area is 122 Å². The molecule has 0 atom stereocenters. The molecule has 2 aromatic heterocycles. The number of amides is 1. The van der Waals surface area contributed by atoms with E-state index in [1.807, 2.05) is 61.7 Å². The quantitative estimate of drug-likeness (QED) is 0.785. The van der Waals surface area contributed by atoms with Gasteiger partial charge in [0.2, 0.25) is 0 Å². The zero-order chi connectivity index (χ0) is 15.0. The number of carbonyl (C=O) groups is 1. The third kappa shape index (κ3) is 2.50. The van der Waals surface area contributed by atoms with E-state index in [2.05, 4.69) is 15.5 Å². The number of hydrogen-bond acceptors (Lipinski definition) is 3. The van der Waals surface area contributed by atoms with Gasteiger partial charge >= 0.3 is 0 Å². The number of pyridine rings is 1. The molecule has 0 radical (unpaired) electrons. The summed E-state index contributed by atoms with van der Waals surface area (Å²) < 4.78 is 1.84. The molecule has 0 spiro atoms. The molecule has 106 valence electrons. The van der Waals surface area contributed by atoms with Crippen molar-refractivity contribution in [2.75, 3.05) is 5.32 Å². The molecule has 0 saturated carbocycles. The topological polar surface area (TPSA) is 59.3 Å². The highest BCUT2D eigenvalue weighted by atomic mass is 16.1. The van der Waals surface area contributed by atoms with E-state index in [9.17, 15) is 4.79 Å². The zero-order valence-electron chi connectivity index (χ0n) is 12.2. The molecule has 1 amide bonds. The second-order valence-corrected chi connectivity index (χ2v) is 5.19. The molecule has 0 bridgehead atoms. The van der Waals surface area contributed by atoms with E-state index in [4.69, 9.17) is 0 Å². The van der Waals surface area contributed by atoms with E-state index in [0.717, 1.165) is 17.0 Å². The highest BCUT2D eigenvalue weighted by molar-refractivity contribution is 6.06. The van der Waals surface area contributed by atoms with Gasteiger partial charge < -0.3 is 5.32 Å². The van der Waals surface area contributed by atoms with E-state index in [-0.39, 0.29) is 5.91 Å². The Kier molecular flexibility index (Phi) is 3.17. The second kappa shape index (κ2) is 5.01. The van der Waals surface area contributed by atoms with Gasteiger partial charge in [0.1, 0.15) is 5.82 Å². The Hall–Kier alpha value is -2.69. The van der Waals surface area contributed by atoms with E-state index in [1.165, 1.54) is 0 Å². The van der Waals surface area contributed by atoms with Crippen LogP contribution in [-0.4, -0.2) is 20.5 Å². The highest BCUT2D eigenvalue weighted by Crippen LogP contribution is 2.17. The molecular formula is C16H16N4O. The molecule has 0 aliphatic carbocycles. The van der Waals surface area contributed by atoms with Crippen molar-refractivity contribution in [1.29, 1.82) is 0 Å². The SMILES string of the molecule is Cc1cc(C)cc(C(=O)Nc2cccn3c(C)nnc23)c1. The first-order valence-corrected chi connectivity index (χ1v) is 6.74. The number of nitrogens with zero attached hydrogens (tertiary/aromatic N) is 3. The monoisotopic (exact) mass is 280 g/mol. The third-order valence-electron chi connectivity index (χ3n) is 3.34. The summed E-state index contributed by atoms with van der Waals surface area (Å²) in [5.74, 6) is 0.642. The standard InChI is InChI=1S/C16H16N4O/c1-10-7-11(2)9-13(8-10)16(21)17-14-5-4-6-20-12(3)18-19-15(14)20/h4-9H,1-3H3,(H,17,21). The number of hydrogen-bond donors (Lipinski definition) is 1. The van der Waals surface area contributed by atoms with Crippen LogP contribution < -0.4 is 5.32 Å². The number of aromatic nitrogens is 3. The summed E-state index contributed by atoms with van der Waals surface area (Å²) in [6.07, 6.45) is 1.87. The predicted octanol–water partition coefficient (Wildman–Crippen LogP) is 2.91. The second-order valence-electron chi connectivity index (χ2n) is 5.19. The Morgan fingerprint density at radius 2 is 1.81 bits per heavy atom. The fraction of sp³-hybridized carbons (Fsp3) is 0.188. The maximum Gasteiger partial charge on any atom is 0.255 e. The lowest BCUT2D eigenvalue weighted by molar-refractivity contribution is 0.102. The van der Waals surface area contributed by atoms with Crippen molar-refractivity contribution < 1.29 is 4.79 Å². The Balaban J connectivity index is 1.96. The third-order valence-corrected chi connectivity index (χ3v) is 3.34. The first kappa shape index (κ1) is 13.3. The van der Waals surface area contributed by atoms with Crippen molar-refractivity contribution in [3.05, 3.63) is 59.0 Å². The molecule has 21 heavy (non-hydrogen) atoms. The van der Waals surface area contributed by atoms with Gasteiger partial charge in [-0.2, -0.15) is 0 Å². The van der Waals surface area contributed by atoms with Gasteiger partial charge in [-0.05, 0) is 45.0 Å². The summed E-state index contributed by atoms with van der Waals surface area (Å²) in [5.41, 5.74) is 4.08. The van der Waals surface area contributed by atoms with Crippen LogP contribution in [0.2, 0.25) is 0 Å². The molecule has 3 rings (SSSR count). The van der Waals surface area contributed by atoms with E-state index < -0.39 is 0 Å². The molecule has 0 aliphatic rings. The molecular weight excluding hydrogens is 264 g/mol. The van der Waals surface area contributed by atoms with Crippen molar-refractivity contribution in [2.45, 2.75) is 20.8 Å². The van der Waals surface area contributed by atoms with Crippen LogP contribution in [0.15, 0.2) is 36.5 Å². The molecule has 5 heteroatoms. The van der Waals surface area contributed by atoms with E-state index >= 15 is 0 Å². The normalized spacial score (nSPS) is 10.8. The Morgan fingerprint density at radius 1 is 1.10 bits per heavy atom. The Bertz CT molecular complexity index is 815. The fourth-order valence-corrected chi connectivity index (χ4v) is 2.43. The first-order valence-electron chi connectivity index (χ1n) is 6.74. The predicted molar refractivity (Wildman–Crippen MR) is 81.6 cm³/mol. The summed E-state index contributed by atoms with van der Waals surface area (Å²) in [5, 5.41) is 11.0. The first-order chi connectivity index (χ1) is 10.0. The molecule has 0 aliphatic heterocycles. The largest absolute Gasteiger partial charge is 0.319 e. The molecule has 1 aromatic carbocycles. The summed E-state index contributed by atoms with van der Waals surface area (Å²) in [6.45, 7) is 5.83. The van der Waals surface area contributed by atoms with Crippen LogP contribution in [0.4, 0.5) is 5.69 Å². The van der Waals surface area contributed by atoms with Crippen molar-refractivity contribution in [3.8, 4) is 0 Å². The smallest absolute Gasteiger partial charge is 0.255 e. The summed E-state index contributed by atoms with van der Waals surface area (Å²) in [7, 11) is 0. The van der Waals surface area contributed by atoms with Crippen LogP contribution >= 0.6 is 0 Å². The van der Waals surface area contributed by atoms with E-state index in [1.54, 1.807) is 0 Å². The summed E-state index contributed by atoms with van der Waals surface area (Å²) in [6, 6.07) is 9.47. The number of anilines is 1. The number of fused-ring (bicyclic) bond motifs is 1. The van der Waals surface area contributed by atoms with Gasteiger partial charge in [-0.25, -0.2) is 0 Å². The van der Waals surface area contributed by atoms with Crippen LogP contribution in [0, 0.1) is 20.8 Å². The molecule has 2 heterocycles. The minimum atomic E-state index is -0.143. The van der Waals surface area contributed by atoms with Crippen molar-refractivity contribution in [1.82, 2.24) is 14.6 Å².